The van der Waals surface area contributed by atoms with Crippen LogP contribution in [0.3, 0.4) is 0 Å². The van der Waals surface area contributed by atoms with Crippen molar-refractivity contribution in [1.29, 1.82) is 0 Å². The van der Waals surface area contributed by atoms with Crippen molar-refractivity contribution >= 4 is 17.7 Å². The van der Waals surface area contributed by atoms with Gasteiger partial charge in [0.1, 0.15) is 0 Å². The average molecular weight is 172 g/mol. The van der Waals surface area contributed by atoms with Gasteiger partial charge in [0.15, 0.2) is 0 Å². The van der Waals surface area contributed by atoms with E-state index in [-0.39, 0.29) is 5.91 Å². The lowest BCUT2D eigenvalue weighted by Gasteiger charge is -2.05. The van der Waals surface area contributed by atoms with Gasteiger partial charge in [0.05, 0.1) is 12.1 Å². The van der Waals surface area contributed by atoms with E-state index in [1.807, 2.05) is 24.3 Å². The molecule has 0 unspecified atom stereocenters. The number of aliphatic imine (C=N–C) groups is 1. The van der Waals surface area contributed by atoms with E-state index in [9.17, 15) is 4.79 Å². The van der Waals surface area contributed by atoms with E-state index in [0.29, 0.717) is 6.42 Å². The molecule has 64 valence electrons. The van der Waals surface area contributed by atoms with Crippen molar-refractivity contribution in [3.8, 4) is 0 Å². The molecule has 3 nitrogen and oxygen atoms in total. The molecule has 2 rings (SSSR count). The Kier molecular flexibility index (Phi) is 2.00. The zero-order valence-corrected chi connectivity index (χ0v) is 6.97. The third-order valence-corrected chi connectivity index (χ3v) is 1.83. The number of amides is 1. The van der Waals surface area contributed by atoms with E-state index >= 15 is 0 Å². The summed E-state index contributed by atoms with van der Waals surface area (Å²) in [4.78, 5) is 18.8. The molecule has 0 atom stereocenters. The first-order chi connectivity index (χ1) is 6.36. The van der Waals surface area contributed by atoms with Gasteiger partial charge in [-0.05, 0) is 23.8 Å². The highest BCUT2D eigenvalue weighted by Gasteiger charge is 2.10. The number of dihydropyridines is 1. The van der Waals surface area contributed by atoms with Crippen molar-refractivity contribution < 1.29 is 4.79 Å². The molecular weight excluding hydrogens is 164 g/mol. The summed E-state index contributed by atoms with van der Waals surface area (Å²) < 4.78 is 0. The first-order valence-electron chi connectivity index (χ1n) is 4.04. The van der Waals surface area contributed by atoms with Gasteiger partial charge in [-0.3, -0.25) is 9.78 Å². The molecule has 1 aromatic rings. The highest BCUT2D eigenvalue weighted by Crippen LogP contribution is 2.17. The highest BCUT2D eigenvalue weighted by molar-refractivity contribution is 6.02. The Morgan fingerprint density at radius 2 is 2.23 bits per heavy atom. The Balaban J connectivity index is 2.33. The summed E-state index contributed by atoms with van der Waals surface area (Å²) in [5.74, 6) is -0.108. The lowest BCUT2D eigenvalue weighted by Crippen LogP contribution is -2.02. The SMILES string of the molecule is O=C1CC(c2ccccn2)=CC=N1. The van der Waals surface area contributed by atoms with Crippen molar-refractivity contribution in [3.63, 3.8) is 0 Å². The van der Waals surface area contributed by atoms with E-state index in [1.54, 1.807) is 6.20 Å². The molecule has 3 heteroatoms. The minimum Gasteiger partial charge on any atom is -0.272 e. The lowest BCUT2D eigenvalue weighted by molar-refractivity contribution is -0.116. The summed E-state index contributed by atoms with van der Waals surface area (Å²) in [6.07, 6.45) is 5.42. The van der Waals surface area contributed by atoms with Crippen LogP contribution in [0.2, 0.25) is 0 Å². The maximum absolute atomic E-state index is 11.0. The molecule has 0 saturated carbocycles. The molecule has 0 fully saturated rings. The summed E-state index contributed by atoms with van der Waals surface area (Å²) in [5, 5.41) is 0. The number of pyridine rings is 1. The van der Waals surface area contributed by atoms with Crippen LogP contribution in [0.25, 0.3) is 5.57 Å². The van der Waals surface area contributed by atoms with Crippen LogP contribution in [-0.4, -0.2) is 17.1 Å². The number of nitrogens with zero attached hydrogens (tertiary/aromatic N) is 2. The number of carbonyl (C=O) groups excluding carboxylic acids is 1. The maximum Gasteiger partial charge on any atom is 0.250 e. The van der Waals surface area contributed by atoms with Gasteiger partial charge in [-0.2, -0.15) is 0 Å². The van der Waals surface area contributed by atoms with Gasteiger partial charge in [0, 0.05) is 12.4 Å². The van der Waals surface area contributed by atoms with Gasteiger partial charge in [-0.1, -0.05) is 6.07 Å². The smallest absolute Gasteiger partial charge is 0.250 e. The maximum atomic E-state index is 11.0. The third-order valence-electron chi connectivity index (χ3n) is 1.83. The van der Waals surface area contributed by atoms with Gasteiger partial charge >= 0.3 is 0 Å². The number of allylic oxidation sites excluding steroid dienone is 1. The van der Waals surface area contributed by atoms with E-state index in [2.05, 4.69) is 9.98 Å². The van der Waals surface area contributed by atoms with Crippen molar-refractivity contribution in [3.05, 3.63) is 36.2 Å². The topological polar surface area (TPSA) is 42.3 Å². The standard InChI is InChI=1S/C10H8N2O/c13-10-7-8(4-6-12-10)9-3-1-2-5-11-9/h1-6H,7H2. The molecule has 2 heterocycles. The fourth-order valence-electron chi connectivity index (χ4n) is 1.21. The lowest BCUT2D eigenvalue weighted by atomic mass is 10.1. The summed E-state index contributed by atoms with van der Waals surface area (Å²) in [5.41, 5.74) is 1.78. The Morgan fingerprint density at radius 3 is 2.92 bits per heavy atom. The van der Waals surface area contributed by atoms with Crippen LogP contribution in [0.4, 0.5) is 0 Å². The van der Waals surface area contributed by atoms with Gasteiger partial charge in [-0.25, -0.2) is 4.99 Å². The van der Waals surface area contributed by atoms with E-state index in [0.717, 1.165) is 11.3 Å². The minimum atomic E-state index is -0.108. The van der Waals surface area contributed by atoms with Crippen LogP contribution >= 0.6 is 0 Å². The molecule has 0 bridgehead atoms. The normalized spacial score (nSPS) is 15.7. The zero-order valence-electron chi connectivity index (χ0n) is 6.97. The molecule has 1 aromatic heterocycles. The van der Waals surface area contributed by atoms with E-state index in [1.165, 1.54) is 6.21 Å². The summed E-state index contributed by atoms with van der Waals surface area (Å²) >= 11 is 0. The molecule has 0 radical (unpaired) electrons. The van der Waals surface area contributed by atoms with Gasteiger partial charge in [0.25, 0.3) is 0 Å². The minimum absolute atomic E-state index is 0.108. The van der Waals surface area contributed by atoms with Crippen LogP contribution < -0.4 is 0 Å². The molecular formula is C10H8N2O. The van der Waals surface area contributed by atoms with Crippen molar-refractivity contribution in [2.75, 3.05) is 0 Å². The predicted octanol–water partition coefficient (Wildman–Crippen LogP) is 1.47. The van der Waals surface area contributed by atoms with Crippen LogP contribution in [-0.2, 0) is 4.79 Å². The van der Waals surface area contributed by atoms with Crippen molar-refractivity contribution in [2.24, 2.45) is 4.99 Å². The molecule has 1 aliphatic rings. The number of hydrogen-bond donors (Lipinski definition) is 0. The Labute approximate surface area is 75.8 Å². The van der Waals surface area contributed by atoms with Crippen molar-refractivity contribution in [1.82, 2.24) is 4.98 Å². The number of hydrogen-bond acceptors (Lipinski definition) is 2. The summed E-state index contributed by atoms with van der Waals surface area (Å²) in [6.45, 7) is 0. The molecule has 1 aliphatic heterocycles. The van der Waals surface area contributed by atoms with Crippen LogP contribution in [0.15, 0.2) is 35.5 Å². The van der Waals surface area contributed by atoms with Gasteiger partial charge in [-0.15, -0.1) is 0 Å². The van der Waals surface area contributed by atoms with E-state index < -0.39 is 0 Å². The van der Waals surface area contributed by atoms with Crippen LogP contribution in [0.1, 0.15) is 12.1 Å². The first-order valence-corrected chi connectivity index (χ1v) is 4.04. The first kappa shape index (κ1) is 7.86. The monoisotopic (exact) mass is 172 g/mol. The number of rotatable bonds is 1. The summed E-state index contributed by atoms with van der Waals surface area (Å²) in [6, 6.07) is 5.64. The fraction of sp³-hybridized carbons (Fsp3) is 0.100. The summed E-state index contributed by atoms with van der Waals surface area (Å²) in [7, 11) is 0. The molecule has 13 heavy (non-hydrogen) atoms. The largest absolute Gasteiger partial charge is 0.272 e. The second-order valence-electron chi connectivity index (χ2n) is 2.76. The average Bonchev–Trinajstić information content (AvgIpc) is 2.19. The number of aromatic nitrogens is 1. The molecule has 0 aliphatic carbocycles. The Morgan fingerprint density at radius 1 is 1.31 bits per heavy atom. The van der Waals surface area contributed by atoms with Gasteiger partial charge < -0.3 is 0 Å². The third kappa shape index (κ3) is 1.69. The van der Waals surface area contributed by atoms with Crippen LogP contribution in [0.5, 0.6) is 0 Å². The molecule has 1 amide bonds. The molecule has 0 saturated heterocycles. The molecule has 0 N–H and O–H groups in total. The van der Waals surface area contributed by atoms with Crippen molar-refractivity contribution in [2.45, 2.75) is 6.42 Å². The quantitative estimate of drug-likeness (QED) is 0.643. The van der Waals surface area contributed by atoms with Gasteiger partial charge in [0.2, 0.25) is 5.91 Å². The van der Waals surface area contributed by atoms with Crippen LogP contribution in [0, 0.1) is 0 Å². The molecule has 0 aromatic carbocycles. The Bertz CT molecular complexity index is 379. The fourth-order valence-corrected chi connectivity index (χ4v) is 1.21. The highest BCUT2D eigenvalue weighted by atomic mass is 16.1. The molecule has 0 spiro atoms. The van der Waals surface area contributed by atoms with E-state index in [4.69, 9.17) is 0 Å². The Hall–Kier alpha value is -1.77. The zero-order chi connectivity index (χ0) is 9.10. The number of carbonyl (C=O) groups is 1. The second kappa shape index (κ2) is 3.31. The predicted molar refractivity (Wildman–Crippen MR) is 50.3 cm³/mol. The second-order valence-corrected chi connectivity index (χ2v) is 2.76.